The number of hydrogen-bond donors (Lipinski definition) is 1. The van der Waals surface area contributed by atoms with E-state index in [1.807, 2.05) is 34.8 Å². The van der Waals surface area contributed by atoms with Crippen molar-refractivity contribution in [1.82, 2.24) is 14.8 Å². The number of nitrogens with one attached hydrogen (secondary N) is 1. The SMILES string of the molecule is Cn1cccc1C(=O)NC1CCN(C(=O)[C@H]2C[C@@H]3C=C[C@H]2C3)CC1. The van der Waals surface area contributed by atoms with E-state index in [1.54, 1.807) is 0 Å². The van der Waals surface area contributed by atoms with Crippen molar-refractivity contribution < 1.29 is 9.59 Å². The summed E-state index contributed by atoms with van der Waals surface area (Å²) in [5.74, 6) is 1.61. The molecule has 2 fully saturated rings. The molecule has 1 aromatic heterocycles. The molecule has 2 aliphatic carbocycles. The Hall–Kier alpha value is -2.04. The number of fused-ring (bicyclic) bond motifs is 2. The Bertz CT molecular complexity index is 670. The molecule has 3 aliphatic rings. The van der Waals surface area contributed by atoms with E-state index in [-0.39, 0.29) is 17.9 Å². The van der Waals surface area contributed by atoms with Crippen molar-refractivity contribution in [3.63, 3.8) is 0 Å². The molecule has 128 valence electrons. The molecule has 2 heterocycles. The van der Waals surface area contributed by atoms with E-state index >= 15 is 0 Å². The first-order chi connectivity index (χ1) is 11.6. The van der Waals surface area contributed by atoms with Gasteiger partial charge in [-0.3, -0.25) is 9.59 Å². The number of carbonyl (C=O) groups is 2. The van der Waals surface area contributed by atoms with E-state index in [9.17, 15) is 9.59 Å². The molecule has 1 aromatic rings. The molecule has 1 aliphatic heterocycles. The van der Waals surface area contributed by atoms with Crippen LogP contribution in [0.1, 0.15) is 36.2 Å². The number of carbonyl (C=O) groups excluding carboxylic acids is 2. The first-order valence-corrected chi connectivity index (χ1v) is 9.01. The van der Waals surface area contributed by atoms with Gasteiger partial charge in [0.25, 0.3) is 5.91 Å². The van der Waals surface area contributed by atoms with Crippen molar-refractivity contribution >= 4 is 11.8 Å². The van der Waals surface area contributed by atoms with Crippen molar-refractivity contribution in [3.05, 3.63) is 36.2 Å². The van der Waals surface area contributed by atoms with Crippen LogP contribution in [0.4, 0.5) is 0 Å². The summed E-state index contributed by atoms with van der Waals surface area (Å²) < 4.78 is 1.83. The van der Waals surface area contributed by atoms with E-state index in [0.29, 0.717) is 23.4 Å². The van der Waals surface area contributed by atoms with Crippen LogP contribution in [0.2, 0.25) is 0 Å². The Morgan fingerprint density at radius 3 is 2.54 bits per heavy atom. The van der Waals surface area contributed by atoms with Gasteiger partial charge in [-0.2, -0.15) is 0 Å². The minimum Gasteiger partial charge on any atom is -0.348 e. The molecule has 4 rings (SSSR count). The summed E-state index contributed by atoms with van der Waals surface area (Å²) in [4.78, 5) is 27.1. The zero-order valence-electron chi connectivity index (χ0n) is 14.1. The van der Waals surface area contributed by atoms with Gasteiger partial charge in [-0.15, -0.1) is 0 Å². The molecule has 3 atom stereocenters. The van der Waals surface area contributed by atoms with Gasteiger partial charge in [0.05, 0.1) is 0 Å². The fraction of sp³-hybridized carbons (Fsp3) is 0.579. The van der Waals surface area contributed by atoms with Crippen molar-refractivity contribution in [2.75, 3.05) is 13.1 Å². The van der Waals surface area contributed by atoms with Crippen LogP contribution in [0.15, 0.2) is 30.5 Å². The van der Waals surface area contributed by atoms with Crippen LogP contribution in [0.5, 0.6) is 0 Å². The smallest absolute Gasteiger partial charge is 0.268 e. The Morgan fingerprint density at radius 2 is 1.96 bits per heavy atom. The van der Waals surface area contributed by atoms with Gasteiger partial charge >= 0.3 is 0 Å². The van der Waals surface area contributed by atoms with Crippen LogP contribution in [-0.2, 0) is 11.8 Å². The second kappa shape index (κ2) is 6.11. The molecule has 0 spiro atoms. The number of nitrogens with zero attached hydrogens (tertiary/aromatic N) is 2. The van der Waals surface area contributed by atoms with Gasteiger partial charge in [-0.05, 0) is 49.7 Å². The molecule has 2 bridgehead atoms. The number of aromatic nitrogens is 1. The number of likely N-dealkylation sites (tertiary alicyclic amines) is 1. The summed E-state index contributed by atoms with van der Waals surface area (Å²) in [5.41, 5.74) is 0.683. The molecule has 0 unspecified atom stereocenters. The third kappa shape index (κ3) is 2.76. The highest BCUT2D eigenvalue weighted by Crippen LogP contribution is 2.44. The standard InChI is InChI=1S/C19H25N3O2/c1-21-8-2-3-17(21)18(23)20-15-6-9-22(10-7-15)19(24)16-12-13-4-5-14(16)11-13/h2-5,8,13-16H,6-7,9-12H2,1H3,(H,20,23)/t13-,14+,16+/m1/s1. The third-order valence-corrected chi connectivity index (χ3v) is 5.91. The third-order valence-electron chi connectivity index (χ3n) is 5.91. The summed E-state index contributed by atoms with van der Waals surface area (Å²) in [6.07, 6.45) is 10.3. The normalized spacial score (nSPS) is 29.2. The summed E-state index contributed by atoms with van der Waals surface area (Å²) in [7, 11) is 1.87. The maximum absolute atomic E-state index is 12.8. The minimum absolute atomic E-state index is 0.0227. The molecule has 5 nitrogen and oxygen atoms in total. The lowest BCUT2D eigenvalue weighted by atomic mass is 9.91. The Kier molecular flexibility index (Phi) is 3.94. The van der Waals surface area contributed by atoms with Gasteiger partial charge in [0.2, 0.25) is 5.91 Å². The average Bonchev–Trinajstić information content (AvgIpc) is 3.31. The fourth-order valence-electron chi connectivity index (χ4n) is 4.50. The quantitative estimate of drug-likeness (QED) is 0.863. The van der Waals surface area contributed by atoms with Gasteiger partial charge in [0, 0.05) is 38.3 Å². The largest absolute Gasteiger partial charge is 0.348 e. The maximum Gasteiger partial charge on any atom is 0.268 e. The number of rotatable bonds is 3. The maximum atomic E-state index is 12.8. The molecule has 0 aromatic carbocycles. The van der Waals surface area contributed by atoms with Crippen molar-refractivity contribution in [1.29, 1.82) is 0 Å². The van der Waals surface area contributed by atoms with Gasteiger partial charge in [0.1, 0.15) is 5.69 Å². The fourth-order valence-corrected chi connectivity index (χ4v) is 4.50. The molecular formula is C19H25N3O2. The monoisotopic (exact) mass is 327 g/mol. The molecular weight excluding hydrogens is 302 g/mol. The van der Waals surface area contributed by atoms with Crippen LogP contribution >= 0.6 is 0 Å². The first kappa shape index (κ1) is 15.5. The molecule has 24 heavy (non-hydrogen) atoms. The van der Waals surface area contributed by atoms with Crippen LogP contribution < -0.4 is 5.32 Å². The van der Waals surface area contributed by atoms with Gasteiger partial charge in [0.15, 0.2) is 0 Å². The van der Waals surface area contributed by atoms with Crippen LogP contribution in [-0.4, -0.2) is 40.4 Å². The number of aryl methyl sites for hydroxylation is 1. The topological polar surface area (TPSA) is 54.3 Å². The predicted molar refractivity (Wildman–Crippen MR) is 91.3 cm³/mol. The summed E-state index contributed by atoms with van der Waals surface area (Å²) in [6.45, 7) is 1.52. The van der Waals surface area contributed by atoms with Gasteiger partial charge in [-0.25, -0.2) is 0 Å². The van der Waals surface area contributed by atoms with Gasteiger partial charge < -0.3 is 14.8 Å². The number of allylic oxidation sites excluding steroid dienone is 2. The van der Waals surface area contributed by atoms with Crippen molar-refractivity contribution in [2.24, 2.45) is 24.8 Å². The molecule has 0 radical (unpaired) electrons. The zero-order chi connectivity index (χ0) is 16.7. The van der Waals surface area contributed by atoms with E-state index in [1.165, 1.54) is 6.42 Å². The van der Waals surface area contributed by atoms with Crippen molar-refractivity contribution in [2.45, 2.75) is 31.7 Å². The second-order valence-electron chi connectivity index (χ2n) is 7.46. The van der Waals surface area contributed by atoms with Crippen LogP contribution in [0.25, 0.3) is 0 Å². The van der Waals surface area contributed by atoms with Crippen LogP contribution in [0.3, 0.4) is 0 Å². The summed E-state index contributed by atoms with van der Waals surface area (Å²) >= 11 is 0. The zero-order valence-corrected chi connectivity index (χ0v) is 14.1. The number of piperidine rings is 1. The number of amides is 2. The molecule has 1 N–H and O–H groups in total. The van der Waals surface area contributed by atoms with E-state index in [2.05, 4.69) is 17.5 Å². The van der Waals surface area contributed by atoms with Gasteiger partial charge in [-0.1, -0.05) is 12.2 Å². The average molecular weight is 327 g/mol. The summed E-state index contributed by atoms with van der Waals surface area (Å²) in [5, 5.41) is 3.11. The lowest BCUT2D eigenvalue weighted by Gasteiger charge is -2.35. The second-order valence-corrected chi connectivity index (χ2v) is 7.46. The highest BCUT2D eigenvalue weighted by atomic mass is 16.2. The van der Waals surface area contributed by atoms with Crippen molar-refractivity contribution in [3.8, 4) is 0 Å². The molecule has 5 heteroatoms. The molecule has 2 amide bonds. The Morgan fingerprint density at radius 1 is 1.17 bits per heavy atom. The molecule has 1 saturated heterocycles. The Labute approximate surface area is 142 Å². The number of hydrogen-bond acceptors (Lipinski definition) is 2. The predicted octanol–water partition coefficient (Wildman–Crippen LogP) is 1.96. The highest BCUT2D eigenvalue weighted by Gasteiger charge is 2.42. The summed E-state index contributed by atoms with van der Waals surface area (Å²) in [6, 6.07) is 3.87. The van der Waals surface area contributed by atoms with Crippen LogP contribution in [0, 0.1) is 17.8 Å². The minimum atomic E-state index is -0.0227. The lowest BCUT2D eigenvalue weighted by molar-refractivity contribution is -0.137. The van der Waals surface area contributed by atoms with E-state index in [0.717, 1.165) is 32.4 Å². The first-order valence-electron chi connectivity index (χ1n) is 9.01. The molecule has 1 saturated carbocycles. The van der Waals surface area contributed by atoms with E-state index in [4.69, 9.17) is 0 Å². The lowest BCUT2D eigenvalue weighted by Crippen LogP contribution is -2.48. The Balaban J connectivity index is 1.29. The van der Waals surface area contributed by atoms with E-state index < -0.39 is 0 Å². The highest BCUT2D eigenvalue weighted by molar-refractivity contribution is 5.92.